The number of esters is 2. The molecule has 50 heavy (non-hydrogen) atoms. The third-order valence-corrected chi connectivity index (χ3v) is 9.91. The molecule has 1 aliphatic rings. The van der Waals surface area contributed by atoms with Crippen molar-refractivity contribution >= 4 is 25.5 Å². The van der Waals surface area contributed by atoms with Gasteiger partial charge in [0.15, 0.2) is 6.10 Å². The Labute approximate surface area is 301 Å². The Kier molecular flexibility index (Phi) is 26.8. The Morgan fingerprint density at radius 1 is 0.780 bits per heavy atom. The number of carbonyl (C=O) groups excluding carboxylic acids is 3. The van der Waals surface area contributed by atoms with Crippen LogP contribution in [0.3, 0.4) is 0 Å². The van der Waals surface area contributed by atoms with E-state index in [9.17, 15) is 29.2 Å². The lowest BCUT2D eigenvalue weighted by molar-refractivity contribution is -0.161. The predicted molar refractivity (Wildman–Crippen MR) is 194 cm³/mol. The van der Waals surface area contributed by atoms with Crippen molar-refractivity contribution in [3.8, 4) is 0 Å². The molecule has 0 bridgehead atoms. The monoisotopic (exact) mass is 732 g/mol. The van der Waals surface area contributed by atoms with E-state index in [1.165, 1.54) is 51.4 Å². The number of ketones is 1. The number of aliphatic hydroxyl groups excluding tert-OH is 2. The van der Waals surface area contributed by atoms with Crippen LogP contribution in [0.15, 0.2) is 12.2 Å². The summed E-state index contributed by atoms with van der Waals surface area (Å²) in [5, 5.41) is 20.6. The molecule has 0 saturated heterocycles. The number of hydrogen-bond donors (Lipinski definition) is 4. The van der Waals surface area contributed by atoms with Crippen LogP contribution in [0.5, 0.6) is 0 Å². The van der Waals surface area contributed by atoms with E-state index in [4.69, 9.17) is 19.3 Å². The fourth-order valence-electron chi connectivity index (χ4n) is 6.45. The zero-order valence-corrected chi connectivity index (χ0v) is 31.9. The fourth-order valence-corrected chi connectivity index (χ4v) is 6.81. The number of unbranched alkanes of at least 4 members (excludes halogenated alkanes) is 16. The van der Waals surface area contributed by atoms with Crippen molar-refractivity contribution in [2.24, 2.45) is 11.8 Å². The van der Waals surface area contributed by atoms with Gasteiger partial charge in [0.1, 0.15) is 12.4 Å². The van der Waals surface area contributed by atoms with Gasteiger partial charge in [0.25, 0.3) is 0 Å². The molecule has 0 radical (unpaired) electrons. The van der Waals surface area contributed by atoms with Gasteiger partial charge in [-0.05, 0) is 25.7 Å². The smallest absolute Gasteiger partial charge is 0.462 e. The molecule has 0 heterocycles. The second-order valence-electron chi connectivity index (χ2n) is 14.0. The molecule has 1 aliphatic carbocycles. The lowest BCUT2D eigenvalue weighted by Gasteiger charge is -2.18. The van der Waals surface area contributed by atoms with Crippen LogP contribution >= 0.6 is 7.82 Å². The number of hydrogen-bond acceptors (Lipinski definition) is 9. The minimum Gasteiger partial charge on any atom is -0.462 e. The van der Waals surface area contributed by atoms with Crippen LogP contribution in [0.1, 0.15) is 168 Å². The zero-order chi connectivity index (χ0) is 37.0. The lowest BCUT2D eigenvalue weighted by atomic mass is 9.88. The largest absolute Gasteiger partial charge is 0.469 e. The summed E-state index contributed by atoms with van der Waals surface area (Å²) in [6.45, 7) is 3.37. The van der Waals surface area contributed by atoms with E-state index in [1.807, 2.05) is 6.08 Å². The molecule has 1 saturated carbocycles. The van der Waals surface area contributed by atoms with Crippen LogP contribution in [0.2, 0.25) is 0 Å². The van der Waals surface area contributed by atoms with E-state index in [0.29, 0.717) is 25.7 Å². The summed E-state index contributed by atoms with van der Waals surface area (Å²) in [5.41, 5.74) is 0. The molecule has 292 valence electrons. The van der Waals surface area contributed by atoms with Crippen LogP contribution in [-0.4, -0.2) is 69.2 Å². The maximum Gasteiger partial charge on any atom is 0.469 e. The maximum absolute atomic E-state index is 12.5. The van der Waals surface area contributed by atoms with Crippen molar-refractivity contribution in [1.29, 1.82) is 0 Å². The van der Waals surface area contributed by atoms with Crippen molar-refractivity contribution in [2.75, 3.05) is 13.2 Å². The van der Waals surface area contributed by atoms with Crippen molar-refractivity contribution in [1.82, 2.24) is 0 Å². The van der Waals surface area contributed by atoms with Crippen LogP contribution in [0.25, 0.3) is 0 Å². The maximum atomic E-state index is 12.5. The van der Waals surface area contributed by atoms with Gasteiger partial charge in [-0.3, -0.25) is 18.9 Å². The van der Waals surface area contributed by atoms with Crippen LogP contribution in [-0.2, 0) is 32.9 Å². The zero-order valence-electron chi connectivity index (χ0n) is 31.0. The number of carbonyl (C=O) groups is 3. The SMILES string of the molecule is CCCCCCCCCCCCCCC(=O)O[C@H](COC(=O)CCCCCC[C@H]1C(=O)C[C@@H](O)[C@@H]1/C=C/[C@@H](O)CCCCC)COP(=O)(O)O. The number of phosphoric acid groups is 1. The quantitative estimate of drug-likeness (QED) is 0.0228. The van der Waals surface area contributed by atoms with E-state index in [1.54, 1.807) is 6.08 Å². The Bertz CT molecular complexity index is 982. The highest BCUT2D eigenvalue weighted by atomic mass is 31.2. The first kappa shape index (κ1) is 46.4. The molecular formula is C38H69O11P. The number of rotatable bonds is 32. The Morgan fingerprint density at radius 2 is 1.30 bits per heavy atom. The molecule has 1 fully saturated rings. The van der Waals surface area contributed by atoms with Crippen molar-refractivity contribution in [3.05, 3.63) is 12.2 Å². The van der Waals surface area contributed by atoms with Crippen LogP contribution < -0.4 is 0 Å². The first-order valence-electron chi connectivity index (χ1n) is 19.6. The lowest BCUT2D eigenvalue weighted by Crippen LogP contribution is -2.29. The number of phosphoric ester groups is 1. The van der Waals surface area contributed by atoms with Crippen LogP contribution in [0.4, 0.5) is 0 Å². The molecule has 5 atom stereocenters. The summed E-state index contributed by atoms with van der Waals surface area (Å²) in [4.78, 5) is 55.4. The Morgan fingerprint density at radius 3 is 1.88 bits per heavy atom. The summed E-state index contributed by atoms with van der Waals surface area (Å²) in [6, 6.07) is 0. The number of aliphatic hydroxyl groups is 2. The molecule has 1 rings (SSSR count). The van der Waals surface area contributed by atoms with Gasteiger partial charge in [-0.2, -0.15) is 0 Å². The number of Topliss-reactive ketones (excluding diaryl/α,β-unsaturated/α-hetero) is 1. The highest BCUT2D eigenvalue weighted by Crippen LogP contribution is 2.36. The highest BCUT2D eigenvalue weighted by Gasteiger charge is 2.39. The van der Waals surface area contributed by atoms with Gasteiger partial charge in [0, 0.05) is 31.1 Å². The van der Waals surface area contributed by atoms with E-state index < -0.39 is 44.7 Å². The molecular weight excluding hydrogens is 663 g/mol. The van der Waals surface area contributed by atoms with Gasteiger partial charge in [0.05, 0.1) is 18.8 Å². The summed E-state index contributed by atoms with van der Waals surface area (Å²) in [6.07, 6.45) is 22.7. The van der Waals surface area contributed by atoms with Gasteiger partial charge >= 0.3 is 19.8 Å². The normalized spacial score (nSPS) is 19.2. The number of ether oxygens (including phenoxy) is 2. The topological polar surface area (TPSA) is 177 Å². The minimum absolute atomic E-state index is 0.0447. The summed E-state index contributed by atoms with van der Waals surface area (Å²) >= 11 is 0. The molecule has 12 heteroatoms. The Balaban J connectivity index is 2.30. The predicted octanol–water partition coefficient (Wildman–Crippen LogP) is 8.05. The summed E-state index contributed by atoms with van der Waals surface area (Å²) in [7, 11) is -4.80. The van der Waals surface area contributed by atoms with E-state index in [2.05, 4.69) is 18.4 Å². The molecule has 4 N–H and O–H groups in total. The minimum atomic E-state index is -4.80. The molecule has 0 aromatic rings. The molecule has 0 unspecified atom stereocenters. The van der Waals surface area contributed by atoms with Crippen molar-refractivity contribution in [3.63, 3.8) is 0 Å². The van der Waals surface area contributed by atoms with Gasteiger partial charge < -0.3 is 29.5 Å². The average molecular weight is 733 g/mol. The van der Waals surface area contributed by atoms with Crippen molar-refractivity contribution < 1.29 is 52.9 Å². The highest BCUT2D eigenvalue weighted by molar-refractivity contribution is 7.46. The van der Waals surface area contributed by atoms with Gasteiger partial charge in [0.2, 0.25) is 0 Å². The Hall–Kier alpha value is -1.62. The molecule has 11 nitrogen and oxygen atoms in total. The third-order valence-electron chi connectivity index (χ3n) is 9.43. The third kappa shape index (κ3) is 24.5. The fraction of sp³-hybridized carbons (Fsp3) is 0.868. The first-order chi connectivity index (χ1) is 24.0. The average Bonchev–Trinajstić information content (AvgIpc) is 3.33. The summed E-state index contributed by atoms with van der Waals surface area (Å²) < 4.78 is 26.3. The first-order valence-corrected chi connectivity index (χ1v) is 21.1. The molecule has 0 aliphatic heterocycles. The van der Waals surface area contributed by atoms with E-state index in [0.717, 1.165) is 57.8 Å². The van der Waals surface area contributed by atoms with Crippen molar-refractivity contribution in [2.45, 2.75) is 186 Å². The standard InChI is InChI=1S/C38H69O11P/c1-3-5-7-8-9-10-11-12-13-14-15-21-25-38(43)49-32(30-48-50(44,45)46)29-47-37(42)24-20-17-16-19-23-33-34(36(41)28-35(33)40)27-26-31(39)22-18-6-4-2/h26-27,31-34,36,39,41H,3-25,28-30H2,1-2H3,(H2,44,45,46)/b27-26+/t31-,32+,33+,34+,36+/m0/s1. The molecule has 0 spiro atoms. The van der Waals surface area contributed by atoms with Crippen LogP contribution in [0, 0.1) is 11.8 Å². The summed E-state index contributed by atoms with van der Waals surface area (Å²) in [5.74, 6) is -1.56. The van der Waals surface area contributed by atoms with Gasteiger partial charge in [-0.1, -0.05) is 135 Å². The molecule has 0 amide bonds. The van der Waals surface area contributed by atoms with Gasteiger partial charge in [-0.15, -0.1) is 0 Å². The van der Waals surface area contributed by atoms with Gasteiger partial charge in [-0.25, -0.2) is 4.57 Å². The van der Waals surface area contributed by atoms with E-state index in [-0.39, 0.29) is 43.5 Å². The molecule has 0 aromatic heterocycles. The second kappa shape index (κ2) is 28.9. The second-order valence-corrected chi connectivity index (χ2v) is 15.3. The van der Waals surface area contributed by atoms with E-state index >= 15 is 0 Å². The molecule has 0 aromatic carbocycles.